The number of rotatable bonds is 9. The molecule has 2 rings (SSSR count). The lowest BCUT2D eigenvalue weighted by Crippen LogP contribution is -2.54. The van der Waals surface area contributed by atoms with Crippen LogP contribution in [0.1, 0.15) is 26.3 Å². The van der Waals surface area contributed by atoms with Gasteiger partial charge in [0.15, 0.2) is 0 Å². The van der Waals surface area contributed by atoms with Gasteiger partial charge in [-0.25, -0.2) is 0 Å². The van der Waals surface area contributed by atoms with Crippen molar-refractivity contribution in [3.8, 4) is 5.75 Å². The van der Waals surface area contributed by atoms with E-state index in [0.29, 0.717) is 39.3 Å². The van der Waals surface area contributed by atoms with E-state index < -0.39 is 0 Å². The van der Waals surface area contributed by atoms with Gasteiger partial charge in [-0.05, 0) is 45.5 Å². The molecule has 30 heavy (non-hydrogen) atoms. The van der Waals surface area contributed by atoms with Gasteiger partial charge in [-0.1, -0.05) is 24.8 Å². The first-order valence-corrected chi connectivity index (χ1v) is 10.5. The molecule has 0 radical (unpaired) electrons. The first-order valence-electron chi connectivity index (χ1n) is 10.5. The summed E-state index contributed by atoms with van der Waals surface area (Å²) < 4.78 is 5.49. The zero-order chi connectivity index (χ0) is 22.1. The van der Waals surface area contributed by atoms with Crippen molar-refractivity contribution in [1.82, 2.24) is 20.0 Å². The number of piperazine rings is 1. The van der Waals surface area contributed by atoms with Crippen LogP contribution in [0.4, 0.5) is 0 Å². The number of likely N-dealkylation sites (N-methyl/N-ethyl adjacent to an activating group) is 1. The smallest absolute Gasteiger partial charge is 0.236 e. The lowest BCUT2D eigenvalue weighted by molar-refractivity contribution is -0.134. The summed E-state index contributed by atoms with van der Waals surface area (Å²) in [5.74, 6) is 0.969. The zero-order valence-electron chi connectivity index (χ0n) is 18.8. The molecule has 0 atom stereocenters. The minimum atomic E-state index is -0.224. The Morgan fingerprint density at radius 1 is 1.17 bits per heavy atom. The van der Waals surface area contributed by atoms with E-state index in [1.54, 1.807) is 6.08 Å². The van der Waals surface area contributed by atoms with Crippen molar-refractivity contribution in [1.29, 1.82) is 0 Å². The number of hydrogen-bond acceptors (Lipinski definition) is 5. The molecule has 7 heteroatoms. The van der Waals surface area contributed by atoms with Crippen LogP contribution in [0.3, 0.4) is 0 Å². The van der Waals surface area contributed by atoms with E-state index in [-0.39, 0.29) is 17.4 Å². The van der Waals surface area contributed by atoms with E-state index in [1.165, 1.54) is 0 Å². The van der Waals surface area contributed by atoms with Crippen molar-refractivity contribution in [2.45, 2.75) is 32.9 Å². The molecule has 0 spiro atoms. The van der Waals surface area contributed by atoms with E-state index in [4.69, 9.17) is 4.74 Å². The molecule has 0 bridgehead atoms. The van der Waals surface area contributed by atoms with Crippen LogP contribution in [0.5, 0.6) is 5.75 Å². The number of carbonyl (C=O) groups excluding carboxylic acids is 2. The summed E-state index contributed by atoms with van der Waals surface area (Å²) in [6.45, 7) is 14.3. The monoisotopic (exact) mass is 416 g/mol. The Morgan fingerprint density at radius 3 is 2.37 bits per heavy atom. The summed E-state index contributed by atoms with van der Waals surface area (Å²) in [7, 11) is 1.95. The maximum atomic E-state index is 12.6. The van der Waals surface area contributed by atoms with Gasteiger partial charge < -0.3 is 15.0 Å². The predicted octanol–water partition coefficient (Wildman–Crippen LogP) is 1.74. The van der Waals surface area contributed by atoms with E-state index in [1.807, 2.05) is 61.9 Å². The van der Waals surface area contributed by atoms with Gasteiger partial charge in [0, 0.05) is 38.3 Å². The molecule has 1 aliphatic heterocycles. The maximum Gasteiger partial charge on any atom is 0.236 e. The van der Waals surface area contributed by atoms with Crippen LogP contribution in [0, 0.1) is 0 Å². The van der Waals surface area contributed by atoms with E-state index in [0.717, 1.165) is 24.4 Å². The second-order valence-electron chi connectivity index (χ2n) is 8.87. The molecule has 1 saturated heterocycles. The van der Waals surface area contributed by atoms with Gasteiger partial charge in [0.1, 0.15) is 12.4 Å². The van der Waals surface area contributed by atoms with E-state index >= 15 is 0 Å². The Bertz CT molecular complexity index is 704. The molecule has 166 valence electrons. The molecule has 2 amide bonds. The number of nitrogens with one attached hydrogen (secondary N) is 1. The Morgan fingerprint density at radius 2 is 1.80 bits per heavy atom. The van der Waals surface area contributed by atoms with Crippen molar-refractivity contribution >= 4 is 11.8 Å². The first kappa shape index (κ1) is 23.9. The van der Waals surface area contributed by atoms with E-state index in [9.17, 15) is 9.59 Å². The van der Waals surface area contributed by atoms with Crippen molar-refractivity contribution in [3.05, 3.63) is 42.5 Å². The maximum absolute atomic E-state index is 12.6. The highest BCUT2D eigenvalue weighted by Crippen LogP contribution is 2.13. The molecule has 0 aliphatic carbocycles. The second kappa shape index (κ2) is 11.1. The average molecular weight is 417 g/mol. The highest BCUT2D eigenvalue weighted by atomic mass is 16.5. The standard InChI is InChI=1S/C23H36N4O3/c1-6-15-30-20-9-7-19(8-10-20)16-25(5)18-22(29)27-13-11-26(12-14-27)17-21(28)24-23(2,3)4/h6-10H,1,11-18H2,2-5H3,(H,24,28). The van der Waals surface area contributed by atoms with Crippen molar-refractivity contribution < 1.29 is 14.3 Å². The zero-order valence-corrected chi connectivity index (χ0v) is 18.8. The van der Waals surface area contributed by atoms with E-state index in [2.05, 4.69) is 16.8 Å². The molecule has 7 nitrogen and oxygen atoms in total. The molecule has 1 aliphatic rings. The Labute approximate surface area is 180 Å². The van der Waals surface area contributed by atoms with Crippen LogP contribution in [0.25, 0.3) is 0 Å². The molecule has 0 unspecified atom stereocenters. The molecule has 1 aromatic rings. The van der Waals surface area contributed by atoms with Gasteiger partial charge in [-0.2, -0.15) is 0 Å². The number of benzene rings is 1. The fourth-order valence-corrected chi connectivity index (χ4v) is 3.36. The number of hydrogen-bond donors (Lipinski definition) is 1. The Balaban J connectivity index is 1.72. The fourth-order valence-electron chi connectivity index (χ4n) is 3.36. The van der Waals surface area contributed by atoms with Crippen LogP contribution in [0.15, 0.2) is 36.9 Å². The molecule has 0 saturated carbocycles. The van der Waals surface area contributed by atoms with Gasteiger partial charge in [-0.15, -0.1) is 0 Å². The number of nitrogens with zero attached hydrogens (tertiary/aromatic N) is 3. The van der Waals surface area contributed by atoms with Gasteiger partial charge in [-0.3, -0.25) is 19.4 Å². The Kier molecular flexibility index (Phi) is 8.87. The summed E-state index contributed by atoms with van der Waals surface area (Å²) in [6, 6.07) is 7.90. The van der Waals surface area contributed by atoms with Gasteiger partial charge in [0.2, 0.25) is 11.8 Å². The molecular weight excluding hydrogens is 380 g/mol. The van der Waals surface area contributed by atoms with Crippen LogP contribution in [0.2, 0.25) is 0 Å². The number of amides is 2. The van der Waals surface area contributed by atoms with Gasteiger partial charge >= 0.3 is 0 Å². The molecule has 1 aromatic carbocycles. The Hall–Kier alpha value is -2.38. The van der Waals surface area contributed by atoms with Gasteiger partial charge in [0.25, 0.3) is 0 Å². The highest BCUT2D eigenvalue weighted by Gasteiger charge is 2.24. The van der Waals surface area contributed by atoms with Crippen LogP contribution in [-0.4, -0.2) is 85.0 Å². The normalized spacial score (nSPS) is 15.2. The molecule has 1 fully saturated rings. The SMILES string of the molecule is C=CCOc1ccc(CN(C)CC(=O)N2CCN(CC(=O)NC(C)(C)C)CC2)cc1. The largest absolute Gasteiger partial charge is 0.490 e. The molecule has 1 heterocycles. The number of carbonyl (C=O) groups is 2. The molecule has 1 N–H and O–H groups in total. The van der Waals surface area contributed by atoms with Crippen LogP contribution in [-0.2, 0) is 16.1 Å². The minimum absolute atomic E-state index is 0.0305. The third-order valence-corrected chi connectivity index (χ3v) is 4.76. The lowest BCUT2D eigenvalue weighted by atomic mass is 10.1. The second-order valence-corrected chi connectivity index (χ2v) is 8.87. The number of ether oxygens (including phenoxy) is 1. The van der Waals surface area contributed by atoms with Crippen molar-refractivity contribution in [3.63, 3.8) is 0 Å². The summed E-state index contributed by atoms with van der Waals surface area (Å²) in [6.07, 6.45) is 1.72. The highest BCUT2D eigenvalue weighted by molar-refractivity contribution is 5.79. The summed E-state index contributed by atoms with van der Waals surface area (Å²) in [5, 5.41) is 2.98. The van der Waals surface area contributed by atoms with Gasteiger partial charge in [0.05, 0.1) is 13.1 Å². The third-order valence-electron chi connectivity index (χ3n) is 4.76. The first-order chi connectivity index (χ1) is 14.2. The van der Waals surface area contributed by atoms with Crippen molar-refractivity contribution in [2.24, 2.45) is 0 Å². The lowest BCUT2D eigenvalue weighted by Gasteiger charge is -2.35. The fraction of sp³-hybridized carbons (Fsp3) is 0.565. The molecular formula is C23H36N4O3. The van der Waals surface area contributed by atoms with Crippen molar-refractivity contribution in [2.75, 3.05) is 52.9 Å². The predicted molar refractivity (Wildman–Crippen MR) is 119 cm³/mol. The summed E-state index contributed by atoms with van der Waals surface area (Å²) in [5.41, 5.74) is 0.907. The quantitative estimate of drug-likeness (QED) is 0.622. The molecule has 0 aromatic heterocycles. The summed E-state index contributed by atoms with van der Waals surface area (Å²) >= 11 is 0. The minimum Gasteiger partial charge on any atom is -0.490 e. The third kappa shape index (κ3) is 8.55. The summed E-state index contributed by atoms with van der Waals surface area (Å²) in [4.78, 5) is 30.7. The average Bonchev–Trinajstić information content (AvgIpc) is 2.66. The van der Waals surface area contributed by atoms with Crippen LogP contribution < -0.4 is 10.1 Å². The van der Waals surface area contributed by atoms with Crippen LogP contribution >= 0.6 is 0 Å². The topological polar surface area (TPSA) is 65.1 Å².